The summed E-state index contributed by atoms with van der Waals surface area (Å²) in [5.41, 5.74) is 5.94. The molecule has 2 rings (SSSR count). The van der Waals surface area contributed by atoms with Crippen LogP contribution in [0.4, 0.5) is 0 Å². The van der Waals surface area contributed by atoms with Crippen molar-refractivity contribution in [2.75, 3.05) is 13.1 Å². The minimum atomic E-state index is -3.52. The highest BCUT2D eigenvalue weighted by atomic mass is 32.2. The molecule has 1 aromatic carbocycles. The van der Waals surface area contributed by atoms with Gasteiger partial charge in [0.25, 0.3) is 0 Å². The molecule has 2 aromatic rings. The summed E-state index contributed by atoms with van der Waals surface area (Å²) in [7, 11) is -3.52. The molecule has 0 fully saturated rings. The van der Waals surface area contributed by atoms with Gasteiger partial charge in [-0.3, -0.25) is 4.98 Å². The second kappa shape index (κ2) is 4.79. The van der Waals surface area contributed by atoms with E-state index in [1.165, 1.54) is 0 Å². The van der Waals surface area contributed by atoms with E-state index < -0.39 is 10.0 Å². The molecule has 1 aromatic heterocycles. The smallest absolute Gasteiger partial charge is 0.241 e. The molecule has 0 bridgehead atoms. The van der Waals surface area contributed by atoms with Crippen LogP contribution in [0.15, 0.2) is 41.4 Å². The van der Waals surface area contributed by atoms with Gasteiger partial charge in [-0.05, 0) is 24.3 Å². The van der Waals surface area contributed by atoms with Crippen LogP contribution in [0.3, 0.4) is 0 Å². The number of nitrogens with two attached hydrogens (primary N) is 1. The van der Waals surface area contributed by atoms with Gasteiger partial charge in [-0.25, -0.2) is 13.1 Å². The molecule has 1 heterocycles. The number of aromatic nitrogens is 1. The van der Waals surface area contributed by atoms with E-state index in [0.29, 0.717) is 10.9 Å². The molecule has 0 aliphatic rings. The molecule has 17 heavy (non-hydrogen) atoms. The molecule has 0 saturated carbocycles. The molecular weight excluding hydrogens is 238 g/mol. The minimum Gasteiger partial charge on any atom is -0.329 e. The summed E-state index contributed by atoms with van der Waals surface area (Å²) in [4.78, 5) is 4.35. The molecule has 90 valence electrons. The fourth-order valence-electron chi connectivity index (χ4n) is 1.58. The first-order chi connectivity index (χ1) is 8.15. The molecule has 0 saturated heterocycles. The lowest BCUT2D eigenvalue weighted by molar-refractivity contribution is 0.583. The number of pyridine rings is 1. The molecule has 6 heteroatoms. The van der Waals surface area contributed by atoms with Crippen molar-refractivity contribution in [3.63, 3.8) is 0 Å². The van der Waals surface area contributed by atoms with E-state index >= 15 is 0 Å². The minimum absolute atomic E-state index is 0.221. The van der Waals surface area contributed by atoms with Crippen LogP contribution in [0, 0.1) is 0 Å². The molecule has 0 aliphatic heterocycles. The predicted molar refractivity (Wildman–Crippen MR) is 66.0 cm³/mol. The van der Waals surface area contributed by atoms with Gasteiger partial charge in [0.2, 0.25) is 10.0 Å². The first-order valence-corrected chi connectivity index (χ1v) is 6.67. The lowest BCUT2D eigenvalue weighted by Gasteiger charge is -2.08. The number of nitrogens with one attached hydrogen (secondary N) is 1. The Labute approximate surface area is 99.7 Å². The second-order valence-electron chi connectivity index (χ2n) is 3.51. The lowest BCUT2D eigenvalue weighted by atomic mass is 10.2. The molecule has 3 N–H and O–H groups in total. The maximum atomic E-state index is 12.0. The SMILES string of the molecule is NCCNS(=O)(=O)c1cccc2ncccc12. The molecular formula is C11H13N3O2S. The van der Waals surface area contributed by atoms with Crippen LogP contribution in [0.1, 0.15) is 0 Å². The summed E-state index contributed by atoms with van der Waals surface area (Å²) in [6.07, 6.45) is 1.63. The van der Waals surface area contributed by atoms with Gasteiger partial charge in [-0.15, -0.1) is 0 Å². The fourth-order valence-corrected chi connectivity index (χ4v) is 2.84. The van der Waals surface area contributed by atoms with E-state index in [9.17, 15) is 8.42 Å². The highest BCUT2D eigenvalue weighted by Gasteiger charge is 2.16. The average molecular weight is 251 g/mol. The molecule has 5 nitrogen and oxygen atoms in total. The summed E-state index contributed by atoms with van der Waals surface area (Å²) in [5, 5.41) is 0.611. The van der Waals surface area contributed by atoms with Crippen molar-refractivity contribution < 1.29 is 8.42 Å². The molecule has 0 amide bonds. The number of sulfonamides is 1. The van der Waals surface area contributed by atoms with E-state index in [1.807, 2.05) is 0 Å². The van der Waals surface area contributed by atoms with Crippen molar-refractivity contribution in [3.05, 3.63) is 36.5 Å². The maximum absolute atomic E-state index is 12.0. The van der Waals surface area contributed by atoms with Crippen molar-refractivity contribution in [1.29, 1.82) is 0 Å². The Morgan fingerprint density at radius 1 is 1.24 bits per heavy atom. The van der Waals surface area contributed by atoms with Gasteiger partial charge in [0.05, 0.1) is 10.4 Å². The van der Waals surface area contributed by atoms with Gasteiger partial charge in [-0.1, -0.05) is 6.07 Å². The molecule has 0 aliphatic carbocycles. The van der Waals surface area contributed by atoms with Crippen LogP contribution in [0.2, 0.25) is 0 Å². The fraction of sp³-hybridized carbons (Fsp3) is 0.182. The summed E-state index contributed by atoms with van der Waals surface area (Å²) >= 11 is 0. The summed E-state index contributed by atoms with van der Waals surface area (Å²) in [5.74, 6) is 0. The van der Waals surface area contributed by atoms with E-state index in [2.05, 4.69) is 9.71 Å². The number of hydrogen-bond donors (Lipinski definition) is 2. The molecule has 0 unspecified atom stereocenters. The highest BCUT2D eigenvalue weighted by Crippen LogP contribution is 2.20. The third-order valence-corrected chi connectivity index (χ3v) is 3.85. The molecule has 0 spiro atoms. The zero-order valence-corrected chi connectivity index (χ0v) is 9.94. The lowest BCUT2D eigenvalue weighted by Crippen LogP contribution is -2.29. The number of rotatable bonds is 4. The Hall–Kier alpha value is -1.50. The van der Waals surface area contributed by atoms with Crippen LogP contribution < -0.4 is 10.5 Å². The largest absolute Gasteiger partial charge is 0.329 e. The van der Waals surface area contributed by atoms with Crippen molar-refractivity contribution in [3.8, 4) is 0 Å². The van der Waals surface area contributed by atoms with Crippen LogP contribution in [0.25, 0.3) is 10.9 Å². The molecule has 0 atom stereocenters. The van der Waals surface area contributed by atoms with Crippen molar-refractivity contribution >= 4 is 20.9 Å². The normalized spacial score (nSPS) is 11.8. The number of benzene rings is 1. The number of fused-ring (bicyclic) bond motifs is 1. The van der Waals surface area contributed by atoms with Gasteiger partial charge in [0, 0.05) is 24.7 Å². The number of hydrogen-bond acceptors (Lipinski definition) is 4. The quantitative estimate of drug-likeness (QED) is 0.827. The van der Waals surface area contributed by atoms with Gasteiger partial charge in [0.15, 0.2) is 0 Å². The standard InChI is InChI=1S/C11H13N3O2S/c12-6-8-14-17(15,16)11-5-1-4-10-9(11)3-2-7-13-10/h1-5,7,14H,6,8,12H2. The van der Waals surface area contributed by atoms with Crippen LogP contribution in [0.5, 0.6) is 0 Å². The predicted octanol–water partition coefficient (Wildman–Crippen LogP) is 0.472. The molecule has 0 radical (unpaired) electrons. The first-order valence-electron chi connectivity index (χ1n) is 5.18. The van der Waals surface area contributed by atoms with Crippen molar-refractivity contribution in [1.82, 2.24) is 9.71 Å². The third kappa shape index (κ3) is 2.44. The monoisotopic (exact) mass is 251 g/mol. The zero-order valence-electron chi connectivity index (χ0n) is 9.13. The average Bonchev–Trinajstić information content (AvgIpc) is 2.36. The summed E-state index contributed by atoms with van der Waals surface area (Å²) in [6.45, 7) is 0.487. The van der Waals surface area contributed by atoms with Crippen LogP contribution >= 0.6 is 0 Å². The van der Waals surface area contributed by atoms with Gasteiger partial charge in [0.1, 0.15) is 0 Å². The third-order valence-electron chi connectivity index (χ3n) is 2.33. The van der Waals surface area contributed by atoms with Gasteiger partial charge >= 0.3 is 0 Å². The van der Waals surface area contributed by atoms with Gasteiger partial charge < -0.3 is 5.73 Å². The highest BCUT2D eigenvalue weighted by molar-refractivity contribution is 7.89. The van der Waals surface area contributed by atoms with E-state index in [4.69, 9.17) is 5.73 Å². The van der Waals surface area contributed by atoms with Crippen molar-refractivity contribution in [2.24, 2.45) is 5.73 Å². The van der Waals surface area contributed by atoms with Crippen molar-refractivity contribution in [2.45, 2.75) is 4.90 Å². The Morgan fingerprint density at radius 3 is 2.82 bits per heavy atom. The Kier molecular flexibility index (Phi) is 3.37. The van der Waals surface area contributed by atoms with E-state index in [-0.39, 0.29) is 18.0 Å². The number of nitrogens with zero attached hydrogens (tertiary/aromatic N) is 1. The van der Waals surface area contributed by atoms with Crippen LogP contribution in [-0.4, -0.2) is 26.5 Å². The summed E-state index contributed by atoms with van der Waals surface area (Å²) in [6, 6.07) is 8.45. The van der Waals surface area contributed by atoms with Gasteiger partial charge in [-0.2, -0.15) is 0 Å². The van der Waals surface area contributed by atoms with E-state index in [1.54, 1.807) is 36.5 Å². The first kappa shape index (κ1) is 12.0. The topological polar surface area (TPSA) is 85.1 Å². The maximum Gasteiger partial charge on any atom is 0.241 e. The zero-order chi connectivity index (χ0) is 12.3. The summed E-state index contributed by atoms with van der Waals surface area (Å²) < 4.78 is 26.5. The van der Waals surface area contributed by atoms with Crippen LogP contribution in [-0.2, 0) is 10.0 Å². The Bertz CT molecular complexity index is 620. The Morgan fingerprint density at radius 2 is 2.06 bits per heavy atom. The second-order valence-corrected chi connectivity index (χ2v) is 5.25. The Balaban J connectivity index is 2.55. The van der Waals surface area contributed by atoms with E-state index in [0.717, 1.165) is 0 Å².